The van der Waals surface area contributed by atoms with Gasteiger partial charge in [0.1, 0.15) is 5.75 Å². The highest BCUT2D eigenvalue weighted by atomic mass is 17.2. The number of benzene rings is 3. The maximum Gasteiger partial charge on any atom is 0.387 e. The normalized spacial score (nSPS) is 9.92. The van der Waals surface area contributed by atoms with Crippen LogP contribution in [0.1, 0.15) is 20.7 Å². The van der Waals surface area contributed by atoms with Crippen LogP contribution in [0.15, 0.2) is 84.9 Å². The summed E-state index contributed by atoms with van der Waals surface area (Å²) in [4.78, 5) is 34.4. The first-order valence-electron chi connectivity index (χ1n) is 7.54. The van der Waals surface area contributed by atoms with E-state index in [1.807, 2.05) is 12.1 Å². The molecule has 0 aromatic heterocycles. The molecule has 0 N–H and O–H groups in total. The van der Waals surface area contributed by atoms with Gasteiger partial charge in [-0.05, 0) is 36.4 Å². The zero-order chi connectivity index (χ0) is 17.5. The van der Waals surface area contributed by atoms with E-state index in [9.17, 15) is 9.59 Å². The molecule has 0 bridgehead atoms. The van der Waals surface area contributed by atoms with Gasteiger partial charge in [0.2, 0.25) is 0 Å². The van der Waals surface area contributed by atoms with E-state index in [4.69, 9.17) is 14.5 Å². The van der Waals surface area contributed by atoms with Crippen molar-refractivity contribution < 1.29 is 24.1 Å². The van der Waals surface area contributed by atoms with E-state index in [2.05, 4.69) is 0 Å². The van der Waals surface area contributed by atoms with Crippen LogP contribution in [0.3, 0.4) is 0 Å². The minimum Gasteiger partial charge on any atom is -0.423 e. The highest BCUT2D eigenvalue weighted by Crippen LogP contribution is 2.17. The highest BCUT2D eigenvalue weighted by molar-refractivity contribution is 6.03. The minimum atomic E-state index is -0.788. The molecule has 3 rings (SSSR count). The molecule has 0 unspecified atom stereocenters. The molecule has 5 heteroatoms. The van der Waals surface area contributed by atoms with Crippen LogP contribution in [0, 0.1) is 0 Å². The predicted octanol–water partition coefficient (Wildman–Crippen LogP) is 4.06. The molecule has 0 saturated carbocycles. The predicted molar refractivity (Wildman–Crippen MR) is 90.3 cm³/mol. The fraction of sp³-hybridized carbons (Fsp3) is 0. The zero-order valence-electron chi connectivity index (χ0n) is 13.1. The standard InChI is InChI=1S/C20H14O5/c21-19(23-15-9-3-1-4-10-15)17-13-7-8-14-18(17)20(22)25-24-16-11-5-2-6-12-16/h1-14H. The summed E-state index contributed by atoms with van der Waals surface area (Å²) >= 11 is 0. The second kappa shape index (κ2) is 7.79. The van der Waals surface area contributed by atoms with Crippen molar-refractivity contribution in [3.05, 3.63) is 96.1 Å². The number of esters is 1. The van der Waals surface area contributed by atoms with Crippen molar-refractivity contribution in [2.75, 3.05) is 0 Å². The van der Waals surface area contributed by atoms with Crippen molar-refractivity contribution in [2.24, 2.45) is 0 Å². The van der Waals surface area contributed by atoms with Gasteiger partial charge in [-0.15, -0.1) is 0 Å². The fourth-order valence-electron chi connectivity index (χ4n) is 2.10. The van der Waals surface area contributed by atoms with Gasteiger partial charge in [0.05, 0.1) is 11.1 Å². The van der Waals surface area contributed by atoms with Crippen LogP contribution in [0.25, 0.3) is 0 Å². The molecule has 5 nitrogen and oxygen atoms in total. The minimum absolute atomic E-state index is 0.0550. The highest BCUT2D eigenvalue weighted by Gasteiger charge is 2.20. The average molecular weight is 334 g/mol. The van der Waals surface area contributed by atoms with E-state index in [1.54, 1.807) is 60.7 Å². The van der Waals surface area contributed by atoms with Crippen LogP contribution >= 0.6 is 0 Å². The number of ether oxygens (including phenoxy) is 1. The summed E-state index contributed by atoms with van der Waals surface area (Å²) in [6.45, 7) is 0. The molecule has 0 spiro atoms. The van der Waals surface area contributed by atoms with E-state index in [-0.39, 0.29) is 11.1 Å². The Morgan fingerprint density at radius 1 is 0.560 bits per heavy atom. The second-order valence-corrected chi connectivity index (χ2v) is 5.02. The number of para-hydroxylation sites is 2. The van der Waals surface area contributed by atoms with Crippen LogP contribution in [0.5, 0.6) is 11.5 Å². The molecule has 0 amide bonds. The Labute approximate surface area is 144 Å². The third-order valence-electron chi connectivity index (χ3n) is 3.28. The molecule has 0 aliphatic carbocycles. The Morgan fingerprint density at radius 2 is 1.04 bits per heavy atom. The molecule has 3 aromatic carbocycles. The summed E-state index contributed by atoms with van der Waals surface area (Å²) in [7, 11) is 0. The first-order chi connectivity index (χ1) is 12.2. The smallest absolute Gasteiger partial charge is 0.387 e. The Morgan fingerprint density at radius 3 is 1.64 bits per heavy atom. The lowest BCUT2D eigenvalue weighted by Gasteiger charge is -2.09. The van der Waals surface area contributed by atoms with Crippen molar-refractivity contribution >= 4 is 11.9 Å². The van der Waals surface area contributed by atoms with Gasteiger partial charge in [-0.25, -0.2) is 14.5 Å². The van der Waals surface area contributed by atoms with Crippen molar-refractivity contribution in [1.82, 2.24) is 0 Å². The molecular formula is C20H14O5. The van der Waals surface area contributed by atoms with Gasteiger partial charge in [-0.2, -0.15) is 0 Å². The van der Waals surface area contributed by atoms with Crippen LogP contribution < -0.4 is 9.62 Å². The van der Waals surface area contributed by atoms with E-state index in [0.717, 1.165) is 0 Å². The maximum absolute atomic E-state index is 12.3. The van der Waals surface area contributed by atoms with Crippen LogP contribution in [-0.2, 0) is 4.89 Å². The first-order valence-corrected chi connectivity index (χ1v) is 7.54. The van der Waals surface area contributed by atoms with Gasteiger partial charge >= 0.3 is 11.9 Å². The average Bonchev–Trinajstić information content (AvgIpc) is 2.67. The van der Waals surface area contributed by atoms with Gasteiger partial charge in [-0.3, -0.25) is 4.89 Å². The van der Waals surface area contributed by atoms with Crippen molar-refractivity contribution in [3.8, 4) is 11.5 Å². The monoisotopic (exact) mass is 334 g/mol. The molecule has 0 radical (unpaired) electrons. The number of rotatable bonds is 5. The molecule has 0 aliphatic rings. The number of carbonyl (C=O) groups excluding carboxylic acids is 2. The summed E-state index contributed by atoms with van der Waals surface area (Å²) in [5.74, 6) is -0.681. The van der Waals surface area contributed by atoms with Crippen LogP contribution in [0.2, 0.25) is 0 Å². The number of carbonyl (C=O) groups is 2. The number of hydrogen-bond acceptors (Lipinski definition) is 5. The molecular weight excluding hydrogens is 320 g/mol. The van der Waals surface area contributed by atoms with Crippen LogP contribution in [0.4, 0.5) is 0 Å². The van der Waals surface area contributed by atoms with Gasteiger partial charge in [0.25, 0.3) is 0 Å². The molecule has 3 aromatic rings. The molecule has 0 fully saturated rings. The van der Waals surface area contributed by atoms with E-state index in [0.29, 0.717) is 11.5 Å². The third kappa shape index (κ3) is 4.23. The summed E-state index contributed by atoms with van der Waals surface area (Å²) in [6.07, 6.45) is 0. The topological polar surface area (TPSA) is 61.8 Å². The largest absolute Gasteiger partial charge is 0.423 e. The lowest BCUT2D eigenvalue weighted by atomic mass is 10.1. The molecule has 25 heavy (non-hydrogen) atoms. The van der Waals surface area contributed by atoms with Crippen molar-refractivity contribution in [2.45, 2.75) is 0 Å². The molecule has 0 atom stereocenters. The van der Waals surface area contributed by atoms with Crippen molar-refractivity contribution in [3.63, 3.8) is 0 Å². The lowest BCUT2D eigenvalue weighted by molar-refractivity contribution is -0.149. The Kier molecular flexibility index (Phi) is 5.07. The van der Waals surface area contributed by atoms with E-state index in [1.165, 1.54) is 12.1 Å². The Hall–Kier alpha value is -3.60. The maximum atomic E-state index is 12.3. The quantitative estimate of drug-likeness (QED) is 0.305. The molecule has 124 valence electrons. The van der Waals surface area contributed by atoms with Gasteiger partial charge < -0.3 is 4.74 Å². The van der Waals surface area contributed by atoms with Crippen molar-refractivity contribution in [1.29, 1.82) is 0 Å². The number of hydrogen-bond donors (Lipinski definition) is 0. The van der Waals surface area contributed by atoms with E-state index < -0.39 is 11.9 Å². The fourth-order valence-corrected chi connectivity index (χ4v) is 2.10. The second-order valence-electron chi connectivity index (χ2n) is 5.02. The lowest BCUT2D eigenvalue weighted by Crippen LogP contribution is -2.16. The SMILES string of the molecule is O=C(OOc1ccccc1)c1ccccc1C(=O)Oc1ccccc1. The summed E-state index contributed by atoms with van der Waals surface area (Å²) < 4.78 is 5.27. The summed E-state index contributed by atoms with van der Waals surface area (Å²) in [5.41, 5.74) is 0.146. The third-order valence-corrected chi connectivity index (χ3v) is 3.28. The Balaban J connectivity index is 1.73. The first kappa shape index (κ1) is 16.3. The van der Waals surface area contributed by atoms with Crippen LogP contribution in [-0.4, -0.2) is 11.9 Å². The van der Waals surface area contributed by atoms with Gasteiger partial charge in [0, 0.05) is 0 Å². The zero-order valence-corrected chi connectivity index (χ0v) is 13.1. The Bertz CT molecular complexity index is 860. The molecule has 0 heterocycles. The van der Waals surface area contributed by atoms with Gasteiger partial charge in [0.15, 0.2) is 5.75 Å². The summed E-state index contributed by atoms with van der Waals surface area (Å²) in [5, 5.41) is 0. The van der Waals surface area contributed by atoms with Gasteiger partial charge in [-0.1, -0.05) is 48.5 Å². The molecule has 0 aliphatic heterocycles. The van der Waals surface area contributed by atoms with E-state index >= 15 is 0 Å². The molecule has 0 saturated heterocycles. The summed E-state index contributed by atoms with van der Waals surface area (Å²) in [6, 6.07) is 23.4.